The van der Waals surface area contributed by atoms with Crippen LogP contribution in [0.2, 0.25) is 0 Å². The minimum Gasteiger partial charge on any atom is -0.492 e. The Kier molecular flexibility index (Phi) is 15.7. The standard InChI is InChI=1S/C45H54N2O9S/c1-6-47(25-28-52-31-30-51-27-24-46-44(48)56-45(2,3)4)26-29-53-37-15-17-38(18-16-37)55-43-41(35-12-20-40(21-13-35)57(5,49)50)22-14-36-32-39(19-23-42(36)43)54-33-34-10-8-7-9-11-34/h7-23,32H,6,24-31,33H2,1-5H3,(H,46,48). The summed E-state index contributed by atoms with van der Waals surface area (Å²) < 4.78 is 59.6. The van der Waals surface area contributed by atoms with Gasteiger partial charge >= 0.3 is 6.09 Å². The lowest BCUT2D eigenvalue weighted by Gasteiger charge is -2.20. The topological polar surface area (TPSA) is 122 Å². The molecule has 0 radical (unpaired) electrons. The van der Waals surface area contributed by atoms with E-state index < -0.39 is 21.5 Å². The van der Waals surface area contributed by atoms with Crippen LogP contribution in [0.1, 0.15) is 33.3 Å². The SMILES string of the molecule is CCN(CCOCCOCCNC(=O)OC(C)(C)C)CCOc1ccc(Oc2c(-c3ccc(S(C)(=O)=O)cc3)ccc3cc(OCc4ccccc4)ccc23)cc1. The fourth-order valence-electron chi connectivity index (χ4n) is 5.83. The average molecular weight is 799 g/mol. The van der Waals surface area contributed by atoms with Crippen molar-refractivity contribution in [1.82, 2.24) is 10.2 Å². The lowest BCUT2D eigenvalue weighted by molar-refractivity contribution is 0.0340. The quantitative estimate of drug-likeness (QED) is 0.0723. The van der Waals surface area contributed by atoms with Crippen LogP contribution in [-0.4, -0.2) is 90.5 Å². The first kappa shape index (κ1) is 43.0. The van der Waals surface area contributed by atoms with Gasteiger partial charge in [-0.25, -0.2) is 13.2 Å². The predicted molar refractivity (Wildman–Crippen MR) is 223 cm³/mol. The first-order valence-corrected chi connectivity index (χ1v) is 21.1. The predicted octanol–water partition coefficient (Wildman–Crippen LogP) is 8.54. The molecule has 5 rings (SSSR count). The minimum atomic E-state index is -3.34. The molecule has 0 aliphatic carbocycles. The average Bonchev–Trinajstić information content (AvgIpc) is 3.18. The molecule has 304 valence electrons. The third kappa shape index (κ3) is 14.1. The zero-order valence-corrected chi connectivity index (χ0v) is 34.3. The first-order valence-electron chi connectivity index (χ1n) is 19.2. The molecule has 0 fully saturated rings. The van der Waals surface area contributed by atoms with Gasteiger partial charge in [-0.1, -0.05) is 55.5 Å². The van der Waals surface area contributed by atoms with Gasteiger partial charge in [0.1, 0.15) is 41.8 Å². The number of alkyl carbamates (subject to hydrolysis) is 1. The van der Waals surface area contributed by atoms with Crippen LogP contribution in [0.3, 0.4) is 0 Å². The summed E-state index contributed by atoms with van der Waals surface area (Å²) in [5, 5.41) is 4.49. The molecular weight excluding hydrogens is 745 g/mol. The summed E-state index contributed by atoms with van der Waals surface area (Å²) in [5.74, 6) is 2.74. The van der Waals surface area contributed by atoms with Crippen molar-refractivity contribution in [2.24, 2.45) is 0 Å². The number of nitrogens with zero attached hydrogens (tertiary/aromatic N) is 1. The molecule has 1 N–H and O–H groups in total. The van der Waals surface area contributed by atoms with Crippen molar-refractivity contribution in [1.29, 1.82) is 0 Å². The van der Waals surface area contributed by atoms with Crippen LogP contribution in [0.15, 0.2) is 114 Å². The molecule has 0 aliphatic rings. The highest BCUT2D eigenvalue weighted by atomic mass is 32.2. The highest BCUT2D eigenvalue weighted by Crippen LogP contribution is 2.41. The van der Waals surface area contributed by atoms with Gasteiger partial charge in [0, 0.05) is 36.8 Å². The van der Waals surface area contributed by atoms with E-state index >= 15 is 0 Å². The highest BCUT2D eigenvalue weighted by molar-refractivity contribution is 7.90. The first-order chi connectivity index (χ1) is 27.4. The summed E-state index contributed by atoms with van der Waals surface area (Å²) in [5.41, 5.74) is 2.20. The molecule has 0 heterocycles. The van der Waals surface area contributed by atoms with Crippen molar-refractivity contribution in [2.45, 2.75) is 44.8 Å². The lowest BCUT2D eigenvalue weighted by atomic mass is 9.99. The zero-order valence-electron chi connectivity index (χ0n) is 33.5. The van der Waals surface area contributed by atoms with Crippen LogP contribution in [0.4, 0.5) is 4.79 Å². The molecule has 1 amide bonds. The van der Waals surface area contributed by atoms with Crippen molar-refractivity contribution in [3.05, 3.63) is 115 Å². The summed E-state index contributed by atoms with van der Waals surface area (Å²) in [7, 11) is -3.34. The number of sulfone groups is 1. The normalized spacial score (nSPS) is 11.8. The molecule has 0 saturated carbocycles. The highest BCUT2D eigenvalue weighted by Gasteiger charge is 2.17. The molecule has 0 bridgehead atoms. The van der Waals surface area contributed by atoms with Gasteiger partial charge in [-0.15, -0.1) is 0 Å². The Hall–Kier alpha value is -5.14. The number of rotatable bonds is 21. The number of carbonyl (C=O) groups is 1. The van der Waals surface area contributed by atoms with Gasteiger partial charge in [0.05, 0.1) is 31.3 Å². The Labute approximate surface area is 336 Å². The Balaban J connectivity index is 1.14. The van der Waals surface area contributed by atoms with Gasteiger partial charge in [0.25, 0.3) is 0 Å². The smallest absolute Gasteiger partial charge is 0.407 e. The number of nitrogens with one attached hydrogen (secondary N) is 1. The Bertz CT molecular complexity index is 2120. The minimum absolute atomic E-state index is 0.255. The van der Waals surface area contributed by atoms with Crippen LogP contribution in [0.25, 0.3) is 21.9 Å². The number of hydrogen-bond donors (Lipinski definition) is 1. The molecule has 0 spiro atoms. The summed E-state index contributed by atoms with van der Waals surface area (Å²) in [4.78, 5) is 14.2. The van der Waals surface area contributed by atoms with Crippen LogP contribution in [-0.2, 0) is 30.7 Å². The number of ether oxygens (including phenoxy) is 6. The van der Waals surface area contributed by atoms with Gasteiger partial charge in [-0.3, -0.25) is 4.90 Å². The third-order valence-electron chi connectivity index (χ3n) is 8.79. The largest absolute Gasteiger partial charge is 0.492 e. The molecule has 0 saturated heterocycles. The number of fused-ring (bicyclic) bond motifs is 1. The van der Waals surface area contributed by atoms with Gasteiger partial charge in [0.15, 0.2) is 9.84 Å². The second-order valence-electron chi connectivity index (χ2n) is 14.4. The van der Waals surface area contributed by atoms with E-state index in [0.717, 1.165) is 58.6 Å². The monoisotopic (exact) mass is 798 g/mol. The van der Waals surface area contributed by atoms with Crippen molar-refractivity contribution in [2.75, 3.05) is 65.5 Å². The summed E-state index contributed by atoms with van der Waals surface area (Å²) in [6.07, 6.45) is 0.744. The Morgan fingerprint density at radius 1 is 0.719 bits per heavy atom. The van der Waals surface area contributed by atoms with E-state index in [9.17, 15) is 13.2 Å². The van der Waals surface area contributed by atoms with Crippen LogP contribution in [0, 0.1) is 0 Å². The maximum Gasteiger partial charge on any atom is 0.407 e. The van der Waals surface area contributed by atoms with Crippen LogP contribution in [0.5, 0.6) is 23.0 Å². The molecule has 0 unspecified atom stereocenters. The van der Waals surface area contributed by atoms with E-state index in [1.807, 2.05) is 106 Å². The molecule has 5 aromatic carbocycles. The molecular formula is C45H54N2O9S. The van der Waals surface area contributed by atoms with Crippen molar-refractivity contribution >= 4 is 26.7 Å². The molecule has 0 aromatic heterocycles. The summed E-state index contributed by atoms with van der Waals surface area (Å²) >= 11 is 0. The van der Waals surface area contributed by atoms with Gasteiger partial charge in [-0.05, 0) is 104 Å². The molecule has 12 heteroatoms. The Morgan fingerprint density at radius 3 is 2.07 bits per heavy atom. The van der Waals surface area contributed by atoms with Crippen molar-refractivity contribution in [3.8, 4) is 34.1 Å². The maximum absolute atomic E-state index is 12.1. The zero-order chi connectivity index (χ0) is 40.7. The number of carbonyl (C=O) groups excluding carboxylic acids is 1. The van der Waals surface area contributed by atoms with E-state index in [1.54, 1.807) is 24.3 Å². The molecule has 0 atom stereocenters. The molecule has 5 aromatic rings. The summed E-state index contributed by atoms with van der Waals surface area (Å²) in [6.45, 7) is 13.1. The van der Waals surface area contributed by atoms with Crippen LogP contribution >= 0.6 is 0 Å². The molecule has 11 nitrogen and oxygen atoms in total. The van der Waals surface area contributed by atoms with Crippen LogP contribution < -0.4 is 19.5 Å². The fraction of sp³-hybridized carbons (Fsp3) is 0.356. The van der Waals surface area contributed by atoms with E-state index in [2.05, 4.69) is 17.1 Å². The van der Waals surface area contributed by atoms with Gasteiger partial charge in [-0.2, -0.15) is 0 Å². The second kappa shape index (κ2) is 20.9. The Morgan fingerprint density at radius 2 is 1.39 bits per heavy atom. The second-order valence-corrected chi connectivity index (χ2v) is 16.4. The molecule has 57 heavy (non-hydrogen) atoms. The number of hydrogen-bond acceptors (Lipinski definition) is 10. The van der Waals surface area contributed by atoms with Gasteiger partial charge < -0.3 is 33.7 Å². The van der Waals surface area contributed by atoms with E-state index in [0.29, 0.717) is 57.7 Å². The van der Waals surface area contributed by atoms with Gasteiger partial charge in [0.2, 0.25) is 0 Å². The number of amides is 1. The number of likely N-dealkylation sites (N-methyl/N-ethyl adjacent to an activating group) is 1. The lowest BCUT2D eigenvalue weighted by Crippen LogP contribution is -2.34. The van der Waals surface area contributed by atoms with E-state index in [1.165, 1.54) is 6.26 Å². The van der Waals surface area contributed by atoms with E-state index in [-0.39, 0.29) is 4.90 Å². The third-order valence-corrected chi connectivity index (χ3v) is 9.92. The van der Waals surface area contributed by atoms with E-state index in [4.69, 9.17) is 28.4 Å². The molecule has 0 aliphatic heterocycles. The van der Waals surface area contributed by atoms with Crippen molar-refractivity contribution in [3.63, 3.8) is 0 Å². The number of benzene rings is 5. The summed E-state index contributed by atoms with van der Waals surface area (Å²) in [6, 6.07) is 34.3. The maximum atomic E-state index is 12.1. The van der Waals surface area contributed by atoms with Crippen molar-refractivity contribution < 1.29 is 41.6 Å². The fourth-order valence-corrected chi connectivity index (χ4v) is 6.46.